The summed E-state index contributed by atoms with van der Waals surface area (Å²) in [4.78, 5) is 2.23. The Balaban J connectivity index is 2.35. The fraction of sp³-hybridized carbons (Fsp3) is 0.562. The van der Waals surface area contributed by atoms with Gasteiger partial charge in [-0.15, -0.1) is 0 Å². The molecule has 0 bridgehead atoms. The molecule has 0 amide bonds. The molecule has 1 aromatic carbocycles. The van der Waals surface area contributed by atoms with Crippen molar-refractivity contribution in [3.05, 3.63) is 23.8 Å². The summed E-state index contributed by atoms with van der Waals surface area (Å²) in [7, 11) is 1.57. The lowest BCUT2D eigenvalue weighted by Crippen LogP contribution is -2.43. The number of nitrogens with zero attached hydrogens (tertiary/aromatic N) is 2. The fourth-order valence-electron chi connectivity index (χ4n) is 3.20. The number of benzene rings is 1. The normalized spacial score (nSPS) is 25.6. The second-order valence-electron chi connectivity index (χ2n) is 5.32. The van der Waals surface area contributed by atoms with E-state index in [2.05, 4.69) is 17.9 Å². The maximum absolute atomic E-state index is 10.7. The Morgan fingerprint density at radius 1 is 1.50 bits per heavy atom. The molecule has 2 atom stereocenters. The van der Waals surface area contributed by atoms with Gasteiger partial charge in [-0.25, -0.2) is 0 Å². The quantitative estimate of drug-likeness (QED) is 0.917. The summed E-state index contributed by atoms with van der Waals surface area (Å²) in [5, 5.41) is 19.7. The lowest BCUT2D eigenvalue weighted by molar-refractivity contribution is 0.0268. The molecule has 1 aliphatic heterocycles. The van der Waals surface area contributed by atoms with Gasteiger partial charge in [-0.1, -0.05) is 13.8 Å². The Bertz CT molecular complexity index is 524. The topological polar surface area (TPSA) is 56.5 Å². The van der Waals surface area contributed by atoms with E-state index in [0.717, 1.165) is 31.5 Å². The SMILES string of the molecule is CCC1N(c2ccc(C#N)c(OC)c2)CCC1(O)CC. The Kier molecular flexibility index (Phi) is 4.20. The Labute approximate surface area is 120 Å². The minimum Gasteiger partial charge on any atom is -0.495 e. The van der Waals surface area contributed by atoms with Gasteiger partial charge in [0.15, 0.2) is 0 Å². The summed E-state index contributed by atoms with van der Waals surface area (Å²) in [6.45, 7) is 4.97. The van der Waals surface area contributed by atoms with Gasteiger partial charge in [-0.2, -0.15) is 5.26 Å². The van der Waals surface area contributed by atoms with Gasteiger partial charge in [0.1, 0.15) is 11.8 Å². The lowest BCUT2D eigenvalue weighted by atomic mass is 9.90. The van der Waals surface area contributed by atoms with Crippen LogP contribution < -0.4 is 9.64 Å². The van der Waals surface area contributed by atoms with Gasteiger partial charge < -0.3 is 14.7 Å². The van der Waals surface area contributed by atoms with Crippen LogP contribution in [0.15, 0.2) is 18.2 Å². The van der Waals surface area contributed by atoms with Gasteiger partial charge in [0, 0.05) is 18.3 Å². The second-order valence-corrected chi connectivity index (χ2v) is 5.32. The van der Waals surface area contributed by atoms with Crippen LogP contribution in [0.5, 0.6) is 5.75 Å². The van der Waals surface area contributed by atoms with E-state index in [1.807, 2.05) is 19.1 Å². The first-order chi connectivity index (χ1) is 9.59. The number of methoxy groups -OCH3 is 1. The van der Waals surface area contributed by atoms with Crippen LogP contribution in [0.3, 0.4) is 0 Å². The standard InChI is InChI=1S/C16H22N2O2/c1-4-15-16(19,5-2)8-9-18(15)13-7-6-12(11-17)14(10-13)20-3/h6-7,10,15,19H,4-5,8-9H2,1-3H3. The summed E-state index contributed by atoms with van der Waals surface area (Å²) < 4.78 is 5.27. The zero-order valence-electron chi connectivity index (χ0n) is 12.4. The van der Waals surface area contributed by atoms with Crippen molar-refractivity contribution in [2.24, 2.45) is 0 Å². The molecule has 0 aromatic heterocycles. The van der Waals surface area contributed by atoms with Gasteiger partial charge in [-0.3, -0.25) is 0 Å². The first kappa shape index (κ1) is 14.7. The number of hydrogen-bond donors (Lipinski definition) is 1. The first-order valence-electron chi connectivity index (χ1n) is 7.16. The predicted molar refractivity (Wildman–Crippen MR) is 79.0 cm³/mol. The molecule has 0 radical (unpaired) electrons. The molecular formula is C16H22N2O2. The summed E-state index contributed by atoms with van der Waals surface area (Å²) in [5.41, 5.74) is 0.932. The maximum Gasteiger partial charge on any atom is 0.138 e. The highest BCUT2D eigenvalue weighted by atomic mass is 16.5. The number of aliphatic hydroxyl groups is 1. The van der Waals surface area contributed by atoms with Crippen LogP contribution in [0.4, 0.5) is 5.69 Å². The molecule has 0 aliphatic carbocycles. The molecule has 2 rings (SSSR count). The van der Waals surface area contributed by atoms with Crippen LogP contribution in [0, 0.1) is 11.3 Å². The van der Waals surface area contributed by atoms with Crippen molar-refractivity contribution in [2.75, 3.05) is 18.6 Å². The van der Waals surface area contributed by atoms with E-state index >= 15 is 0 Å². The molecular weight excluding hydrogens is 252 g/mol. The van der Waals surface area contributed by atoms with Crippen molar-refractivity contribution in [3.8, 4) is 11.8 Å². The van der Waals surface area contributed by atoms with Crippen molar-refractivity contribution >= 4 is 5.69 Å². The molecule has 1 N–H and O–H groups in total. The van der Waals surface area contributed by atoms with Crippen LogP contribution >= 0.6 is 0 Å². The van der Waals surface area contributed by atoms with Crippen LogP contribution in [-0.2, 0) is 0 Å². The summed E-state index contributed by atoms with van der Waals surface area (Å²) >= 11 is 0. The van der Waals surface area contributed by atoms with Crippen LogP contribution in [0.1, 0.15) is 38.7 Å². The molecule has 4 nitrogen and oxygen atoms in total. The average Bonchev–Trinajstić information content (AvgIpc) is 2.83. The maximum atomic E-state index is 10.7. The second kappa shape index (κ2) is 5.72. The van der Waals surface area contributed by atoms with Gasteiger partial charge >= 0.3 is 0 Å². The van der Waals surface area contributed by atoms with Crippen molar-refractivity contribution in [3.63, 3.8) is 0 Å². The molecule has 1 heterocycles. The molecule has 1 aromatic rings. The third kappa shape index (κ3) is 2.34. The van der Waals surface area contributed by atoms with E-state index in [-0.39, 0.29) is 6.04 Å². The van der Waals surface area contributed by atoms with E-state index in [0.29, 0.717) is 11.3 Å². The number of hydrogen-bond acceptors (Lipinski definition) is 4. The van der Waals surface area contributed by atoms with Crippen molar-refractivity contribution in [2.45, 2.75) is 44.8 Å². The molecule has 0 spiro atoms. The first-order valence-corrected chi connectivity index (χ1v) is 7.16. The number of anilines is 1. The monoisotopic (exact) mass is 274 g/mol. The minimum atomic E-state index is -0.615. The third-order valence-corrected chi connectivity index (χ3v) is 4.42. The number of ether oxygens (including phenoxy) is 1. The van der Waals surface area contributed by atoms with Gasteiger partial charge in [0.05, 0.1) is 24.3 Å². The Hall–Kier alpha value is -1.73. The lowest BCUT2D eigenvalue weighted by Gasteiger charge is -2.34. The molecule has 20 heavy (non-hydrogen) atoms. The van der Waals surface area contributed by atoms with Crippen LogP contribution in [-0.4, -0.2) is 30.4 Å². The summed E-state index contributed by atoms with van der Waals surface area (Å²) in [6.07, 6.45) is 2.44. The van der Waals surface area contributed by atoms with E-state index in [1.165, 1.54) is 0 Å². The van der Waals surface area contributed by atoms with Gasteiger partial charge in [0.25, 0.3) is 0 Å². The highest BCUT2D eigenvalue weighted by Gasteiger charge is 2.43. The highest BCUT2D eigenvalue weighted by Crippen LogP contribution is 2.38. The smallest absolute Gasteiger partial charge is 0.138 e. The zero-order valence-corrected chi connectivity index (χ0v) is 12.4. The van der Waals surface area contributed by atoms with Crippen molar-refractivity contribution in [1.29, 1.82) is 5.26 Å². The summed E-state index contributed by atoms with van der Waals surface area (Å²) in [6, 6.07) is 7.85. The number of nitriles is 1. The van der Waals surface area contributed by atoms with Crippen molar-refractivity contribution in [1.82, 2.24) is 0 Å². The summed E-state index contributed by atoms with van der Waals surface area (Å²) in [5.74, 6) is 0.590. The average molecular weight is 274 g/mol. The molecule has 1 saturated heterocycles. The third-order valence-electron chi connectivity index (χ3n) is 4.42. The minimum absolute atomic E-state index is 0.116. The highest BCUT2D eigenvalue weighted by molar-refractivity contribution is 5.58. The zero-order chi connectivity index (χ0) is 14.8. The number of rotatable bonds is 4. The Morgan fingerprint density at radius 3 is 2.80 bits per heavy atom. The molecule has 4 heteroatoms. The van der Waals surface area contributed by atoms with Gasteiger partial charge in [0.2, 0.25) is 0 Å². The molecule has 0 saturated carbocycles. The van der Waals surface area contributed by atoms with Crippen LogP contribution in [0.2, 0.25) is 0 Å². The largest absolute Gasteiger partial charge is 0.495 e. The van der Waals surface area contributed by atoms with E-state index < -0.39 is 5.60 Å². The molecule has 108 valence electrons. The molecule has 1 aliphatic rings. The molecule has 2 unspecified atom stereocenters. The van der Waals surface area contributed by atoms with Crippen molar-refractivity contribution < 1.29 is 9.84 Å². The van der Waals surface area contributed by atoms with Crippen LogP contribution in [0.25, 0.3) is 0 Å². The van der Waals surface area contributed by atoms with Gasteiger partial charge in [-0.05, 0) is 31.4 Å². The van der Waals surface area contributed by atoms with E-state index in [1.54, 1.807) is 13.2 Å². The fourth-order valence-corrected chi connectivity index (χ4v) is 3.20. The Morgan fingerprint density at radius 2 is 2.25 bits per heavy atom. The van der Waals surface area contributed by atoms with E-state index in [4.69, 9.17) is 10.00 Å². The molecule has 1 fully saturated rings. The predicted octanol–water partition coefficient (Wildman–Crippen LogP) is 2.70. The van der Waals surface area contributed by atoms with E-state index in [9.17, 15) is 5.11 Å².